The normalized spacial score (nSPS) is 16.7. The first-order valence-corrected chi connectivity index (χ1v) is 8.27. The number of nitrogens with one attached hydrogen (secondary N) is 1. The summed E-state index contributed by atoms with van der Waals surface area (Å²) in [7, 11) is 0. The molecule has 1 heterocycles. The van der Waals surface area contributed by atoms with Gasteiger partial charge in [0.15, 0.2) is 0 Å². The lowest BCUT2D eigenvalue weighted by atomic mass is 9.97. The minimum absolute atomic E-state index is 0.217. The molecule has 0 spiro atoms. The Kier molecular flexibility index (Phi) is 3.66. The Morgan fingerprint density at radius 1 is 1.00 bits per heavy atom. The van der Waals surface area contributed by atoms with Gasteiger partial charge in [-0.05, 0) is 42.8 Å². The van der Waals surface area contributed by atoms with E-state index in [1.54, 1.807) is 0 Å². The summed E-state index contributed by atoms with van der Waals surface area (Å²) in [6.45, 7) is 2.95. The van der Waals surface area contributed by atoms with Crippen molar-refractivity contribution < 1.29 is 4.74 Å². The summed E-state index contributed by atoms with van der Waals surface area (Å²) in [4.78, 5) is 0. The molecule has 1 N–H and O–H groups in total. The Morgan fingerprint density at radius 3 is 2.70 bits per heavy atom. The Hall–Kier alpha value is -2.48. The van der Waals surface area contributed by atoms with Crippen LogP contribution in [0.3, 0.4) is 0 Å². The molecule has 1 aliphatic heterocycles. The highest BCUT2D eigenvalue weighted by atomic mass is 16.5. The van der Waals surface area contributed by atoms with Gasteiger partial charge in [0.2, 0.25) is 0 Å². The highest BCUT2D eigenvalue weighted by Gasteiger charge is 2.21. The molecule has 1 unspecified atom stereocenters. The summed E-state index contributed by atoms with van der Waals surface area (Å²) in [5.74, 6) is 1.07. The number of anilines is 1. The maximum absolute atomic E-state index is 6.33. The van der Waals surface area contributed by atoms with Crippen LogP contribution in [0.25, 0.3) is 10.8 Å². The maximum Gasteiger partial charge on any atom is 0.130 e. The SMILES string of the molecule is Cc1ccc(NCC2CCc3ccc4ccccc4c3O2)cc1. The molecule has 0 aliphatic carbocycles. The maximum atomic E-state index is 6.33. The van der Waals surface area contributed by atoms with Crippen LogP contribution in [-0.2, 0) is 6.42 Å². The summed E-state index contributed by atoms with van der Waals surface area (Å²) in [6.07, 6.45) is 2.36. The Bertz CT molecular complexity index is 823. The molecule has 3 aromatic carbocycles. The molecule has 2 nitrogen and oxygen atoms in total. The van der Waals surface area contributed by atoms with Crippen LogP contribution in [0.2, 0.25) is 0 Å². The zero-order chi connectivity index (χ0) is 15.6. The Balaban J connectivity index is 1.51. The largest absolute Gasteiger partial charge is 0.488 e. The number of hydrogen-bond donors (Lipinski definition) is 1. The molecular weight excluding hydrogens is 282 g/mol. The van der Waals surface area contributed by atoms with Crippen molar-refractivity contribution in [3.8, 4) is 5.75 Å². The first-order valence-electron chi connectivity index (χ1n) is 8.27. The molecule has 0 aromatic heterocycles. The zero-order valence-electron chi connectivity index (χ0n) is 13.4. The van der Waals surface area contributed by atoms with Gasteiger partial charge in [-0.1, -0.05) is 54.1 Å². The van der Waals surface area contributed by atoms with Crippen LogP contribution >= 0.6 is 0 Å². The fraction of sp³-hybridized carbons (Fsp3) is 0.238. The minimum atomic E-state index is 0.217. The topological polar surface area (TPSA) is 21.3 Å². The molecule has 116 valence electrons. The second-order valence-corrected chi connectivity index (χ2v) is 6.30. The van der Waals surface area contributed by atoms with Crippen molar-refractivity contribution >= 4 is 16.5 Å². The van der Waals surface area contributed by atoms with Gasteiger partial charge in [-0.3, -0.25) is 0 Å². The van der Waals surface area contributed by atoms with E-state index in [1.807, 2.05) is 0 Å². The van der Waals surface area contributed by atoms with Gasteiger partial charge in [-0.25, -0.2) is 0 Å². The van der Waals surface area contributed by atoms with E-state index in [-0.39, 0.29) is 6.10 Å². The smallest absolute Gasteiger partial charge is 0.130 e. The fourth-order valence-electron chi connectivity index (χ4n) is 3.21. The number of rotatable bonds is 3. The third kappa shape index (κ3) is 2.89. The van der Waals surface area contributed by atoms with E-state index in [2.05, 4.69) is 72.9 Å². The van der Waals surface area contributed by atoms with E-state index >= 15 is 0 Å². The monoisotopic (exact) mass is 303 g/mol. The van der Waals surface area contributed by atoms with Gasteiger partial charge in [0.05, 0.1) is 6.54 Å². The lowest BCUT2D eigenvalue weighted by molar-refractivity contribution is 0.188. The second-order valence-electron chi connectivity index (χ2n) is 6.30. The van der Waals surface area contributed by atoms with Gasteiger partial charge in [0.25, 0.3) is 0 Å². The van der Waals surface area contributed by atoms with Gasteiger partial charge in [-0.2, -0.15) is 0 Å². The first-order chi connectivity index (χ1) is 11.3. The highest BCUT2D eigenvalue weighted by molar-refractivity contribution is 5.89. The summed E-state index contributed by atoms with van der Waals surface area (Å²) in [6, 6.07) is 21.4. The van der Waals surface area contributed by atoms with Crippen LogP contribution in [-0.4, -0.2) is 12.6 Å². The highest BCUT2D eigenvalue weighted by Crippen LogP contribution is 2.35. The Morgan fingerprint density at radius 2 is 1.83 bits per heavy atom. The number of hydrogen-bond acceptors (Lipinski definition) is 2. The van der Waals surface area contributed by atoms with Gasteiger partial charge in [0.1, 0.15) is 11.9 Å². The summed E-state index contributed by atoms with van der Waals surface area (Å²) >= 11 is 0. The van der Waals surface area contributed by atoms with Crippen LogP contribution in [0.1, 0.15) is 17.5 Å². The molecule has 1 aliphatic rings. The van der Waals surface area contributed by atoms with Crippen molar-refractivity contribution in [1.29, 1.82) is 0 Å². The van der Waals surface area contributed by atoms with E-state index < -0.39 is 0 Å². The summed E-state index contributed by atoms with van der Waals surface area (Å²) in [5, 5.41) is 5.97. The van der Waals surface area contributed by atoms with Crippen molar-refractivity contribution in [3.63, 3.8) is 0 Å². The quantitative estimate of drug-likeness (QED) is 0.739. The summed E-state index contributed by atoms with van der Waals surface area (Å²) < 4.78 is 6.33. The molecule has 1 atom stereocenters. The average molecular weight is 303 g/mol. The molecule has 0 bridgehead atoms. The van der Waals surface area contributed by atoms with Crippen molar-refractivity contribution in [2.45, 2.75) is 25.9 Å². The van der Waals surface area contributed by atoms with Crippen LogP contribution in [0.15, 0.2) is 60.7 Å². The van der Waals surface area contributed by atoms with Crippen LogP contribution < -0.4 is 10.1 Å². The third-order valence-electron chi connectivity index (χ3n) is 4.57. The predicted molar refractivity (Wildman–Crippen MR) is 96.4 cm³/mol. The first kappa shape index (κ1) is 14.1. The molecule has 0 saturated carbocycles. The van der Waals surface area contributed by atoms with E-state index in [0.717, 1.165) is 30.8 Å². The molecule has 0 fully saturated rings. The van der Waals surface area contributed by atoms with E-state index in [1.165, 1.54) is 21.9 Å². The molecule has 3 aromatic rings. The van der Waals surface area contributed by atoms with Crippen LogP contribution in [0.5, 0.6) is 5.75 Å². The standard InChI is InChI=1S/C21H21NO/c1-15-6-11-18(12-7-15)22-14-19-13-10-17-9-8-16-4-2-3-5-20(16)21(17)23-19/h2-9,11-12,19,22H,10,13-14H2,1H3. The lowest BCUT2D eigenvalue weighted by Gasteiger charge is -2.27. The minimum Gasteiger partial charge on any atom is -0.488 e. The van der Waals surface area contributed by atoms with Gasteiger partial charge in [0, 0.05) is 11.1 Å². The number of benzene rings is 3. The van der Waals surface area contributed by atoms with E-state index in [9.17, 15) is 0 Å². The third-order valence-corrected chi connectivity index (χ3v) is 4.57. The number of aryl methyl sites for hydroxylation is 2. The molecule has 23 heavy (non-hydrogen) atoms. The van der Waals surface area contributed by atoms with Gasteiger partial charge >= 0.3 is 0 Å². The van der Waals surface area contributed by atoms with Crippen molar-refractivity contribution in [2.75, 3.05) is 11.9 Å². The zero-order valence-corrected chi connectivity index (χ0v) is 13.4. The average Bonchev–Trinajstić information content (AvgIpc) is 2.61. The van der Waals surface area contributed by atoms with E-state index in [4.69, 9.17) is 4.74 Å². The predicted octanol–water partition coefficient (Wildman–Crippen LogP) is 4.95. The molecule has 0 saturated heterocycles. The molecule has 4 rings (SSSR count). The van der Waals surface area contributed by atoms with E-state index in [0.29, 0.717) is 0 Å². The van der Waals surface area contributed by atoms with Crippen molar-refractivity contribution in [1.82, 2.24) is 0 Å². The van der Waals surface area contributed by atoms with Crippen molar-refractivity contribution in [3.05, 3.63) is 71.8 Å². The van der Waals surface area contributed by atoms with Gasteiger partial charge < -0.3 is 10.1 Å². The molecule has 2 heteroatoms. The van der Waals surface area contributed by atoms with Gasteiger partial charge in [-0.15, -0.1) is 0 Å². The lowest BCUT2D eigenvalue weighted by Crippen LogP contribution is -2.30. The number of fused-ring (bicyclic) bond motifs is 3. The molecule has 0 amide bonds. The fourth-order valence-corrected chi connectivity index (χ4v) is 3.21. The van der Waals surface area contributed by atoms with Crippen LogP contribution in [0, 0.1) is 6.92 Å². The van der Waals surface area contributed by atoms with Crippen LogP contribution in [0.4, 0.5) is 5.69 Å². The molecular formula is C21H21NO. The summed E-state index contributed by atoms with van der Waals surface area (Å²) in [5.41, 5.74) is 3.77. The number of ether oxygens (including phenoxy) is 1. The Labute approximate surface area is 137 Å². The molecule has 0 radical (unpaired) electrons. The van der Waals surface area contributed by atoms with Crippen molar-refractivity contribution in [2.24, 2.45) is 0 Å². The second kappa shape index (κ2) is 5.96.